The van der Waals surface area contributed by atoms with Gasteiger partial charge in [-0.3, -0.25) is 0 Å². The van der Waals surface area contributed by atoms with Crippen molar-refractivity contribution in [3.8, 4) is 11.3 Å². The third kappa shape index (κ3) is 2.84. The van der Waals surface area contributed by atoms with Crippen LogP contribution in [0.3, 0.4) is 0 Å². The largest absolute Gasteiger partial charge is 0.230 e. The van der Waals surface area contributed by atoms with Crippen LogP contribution in [0.5, 0.6) is 0 Å². The average Bonchev–Trinajstić information content (AvgIpc) is 3.53. The normalized spacial score (nSPS) is 20.3. The highest BCUT2D eigenvalue weighted by molar-refractivity contribution is 7.14. The molecular formula is C24H19N3S2. The number of hydrogen-bond acceptors (Lipinski definition) is 5. The van der Waals surface area contributed by atoms with E-state index in [0.717, 1.165) is 29.2 Å². The average molecular weight is 414 g/mol. The molecule has 5 heteroatoms. The summed E-state index contributed by atoms with van der Waals surface area (Å²) in [5.74, 6) is 0.410. The summed E-state index contributed by atoms with van der Waals surface area (Å²) in [4.78, 5) is 6.34. The molecule has 0 spiro atoms. The third-order valence-corrected chi connectivity index (χ3v) is 7.59. The molecule has 0 amide bonds. The molecule has 3 nitrogen and oxygen atoms in total. The predicted molar refractivity (Wildman–Crippen MR) is 122 cm³/mol. The van der Waals surface area contributed by atoms with E-state index in [4.69, 9.17) is 10.1 Å². The molecule has 2 aromatic carbocycles. The maximum Gasteiger partial charge on any atom is 0.207 e. The van der Waals surface area contributed by atoms with Crippen molar-refractivity contribution in [2.24, 2.45) is 11.0 Å². The minimum atomic E-state index is 0.230. The van der Waals surface area contributed by atoms with Gasteiger partial charge in [0, 0.05) is 27.3 Å². The van der Waals surface area contributed by atoms with E-state index in [9.17, 15) is 0 Å². The van der Waals surface area contributed by atoms with Crippen LogP contribution in [0.2, 0.25) is 0 Å². The minimum absolute atomic E-state index is 0.230. The Hall–Kier alpha value is -2.76. The topological polar surface area (TPSA) is 28.5 Å². The van der Waals surface area contributed by atoms with Crippen LogP contribution in [0, 0.1) is 5.92 Å². The first-order valence-electron chi connectivity index (χ1n) is 9.89. The predicted octanol–water partition coefficient (Wildman–Crippen LogP) is 6.40. The number of nitrogens with zero attached hydrogens (tertiary/aromatic N) is 3. The minimum Gasteiger partial charge on any atom is -0.230 e. The van der Waals surface area contributed by atoms with Crippen molar-refractivity contribution < 1.29 is 0 Å². The van der Waals surface area contributed by atoms with E-state index in [1.165, 1.54) is 21.7 Å². The monoisotopic (exact) mass is 413 g/mol. The fraction of sp³-hybridized carbons (Fsp3) is 0.167. The van der Waals surface area contributed by atoms with Crippen molar-refractivity contribution in [3.05, 3.63) is 93.5 Å². The zero-order valence-corrected chi connectivity index (χ0v) is 17.4. The van der Waals surface area contributed by atoms with Crippen molar-refractivity contribution in [3.63, 3.8) is 0 Å². The Morgan fingerprint density at radius 1 is 0.897 bits per heavy atom. The molecule has 2 aliphatic rings. The Kier molecular flexibility index (Phi) is 4.10. The fourth-order valence-electron chi connectivity index (χ4n) is 4.47. The second-order valence-corrected chi connectivity index (χ2v) is 9.29. The van der Waals surface area contributed by atoms with Crippen molar-refractivity contribution >= 4 is 33.5 Å². The maximum absolute atomic E-state index is 5.17. The molecule has 0 saturated carbocycles. The molecule has 0 N–H and O–H groups in total. The van der Waals surface area contributed by atoms with Gasteiger partial charge in [0.1, 0.15) is 0 Å². The first-order valence-corrected chi connectivity index (χ1v) is 11.6. The number of thiazole rings is 1. The van der Waals surface area contributed by atoms with E-state index in [1.54, 1.807) is 11.3 Å². The molecular weight excluding hydrogens is 394 g/mol. The van der Waals surface area contributed by atoms with E-state index >= 15 is 0 Å². The lowest BCUT2D eigenvalue weighted by Gasteiger charge is -2.28. The standard InChI is InChI=1S/C24H19N3S2/c1-2-8-17(9-3-1)20-15-29-24(25-20)27-23(21-11-6-14-28-21)19-13-12-16-7-4-5-10-18(16)22(19)26-27/h1-11,14-15,19,23H,12-13H2. The maximum atomic E-state index is 5.17. The van der Waals surface area contributed by atoms with E-state index in [-0.39, 0.29) is 6.04 Å². The molecule has 0 saturated heterocycles. The van der Waals surface area contributed by atoms with Crippen molar-refractivity contribution in [2.75, 3.05) is 5.01 Å². The smallest absolute Gasteiger partial charge is 0.207 e. The van der Waals surface area contributed by atoms with Gasteiger partial charge in [0.25, 0.3) is 0 Å². The van der Waals surface area contributed by atoms with Crippen LogP contribution < -0.4 is 5.01 Å². The number of hydrazone groups is 1. The second kappa shape index (κ2) is 6.94. The van der Waals surface area contributed by atoms with Crippen LogP contribution in [-0.4, -0.2) is 10.7 Å². The number of hydrogen-bond donors (Lipinski definition) is 0. The summed E-state index contributed by atoms with van der Waals surface area (Å²) < 4.78 is 0. The summed E-state index contributed by atoms with van der Waals surface area (Å²) in [6, 6.07) is 23.7. The Labute approximate surface area is 178 Å². The Morgan fingerprint density at radius 3 is 2.62 bits per heavy atom. The number of anilines is 1. The van der Waals surface area contributed by atoms with Gasteiger partial charge in [-0.15, -0.1) is 22.7 Å². The van der Waals surface area contributed by atoms with Gasteiger partial charge in [-0.25, -0.2) is 9.99 Å². The first-order chi connectivity index (χ1) is 14.4. The molecule has 0 bridgehead atoms. The summed E-state index contributed by atoms with van der Waals surface area (Å²) in [7, 11) is 0. The summed E-state index contributed by atoms with van der Waals surface area (Å²) in [6.07, 6.45) is 2.24. The van der Waals surface area contributed by atoms with Crippen molar-refractivity contribution in [1.29, 1.82) is 0 Å². The molecule has 4 aromatic rings. The van der Waals surface area contributed by atoms with Crippen LogP contribution in [0.25, 0.3) is 11.3 Å². The van der Waals surface area contributed by atoms with Gasteiger partial charge in [-0.1, -0.05) is 60.7 Å². The van der Waals surface area contributed by atoms with Gasteiger partial charge in [0.05, 0.1) is 17.4 Å². The zero-order chi connectivity index (χ0) is 19.2. The number of aryl methyl sites for hydroxylation is 1. The highest BCUT2D eigenvalue weighted by atomic mass is 32.1. The molecule has 2 aromatic heterocycles. The molecule has 0 fully saturated rings. The molecule has 2 atom stereocenters. The quantitative estimate of drug-likeness (QED) is 0.389. The van der Waals surface area contributed by atoms with Gasteiger partial charge in [0.2, 0.25) is 5.13 Å². The van der Waals surface area contributed by atoms with E-state index < -0.39 is 0 Å². The lowest BCUT2D eigenvalue weighted by molar-refractivity contribution is 0.516. The van der Waals surface area contributed by atoms with Gasteiger partial charge in [-0.2, -0.15) is 5.10 Å². The molecule has 1 aliphatic carbocycles. The van der Waals surface area contributed by atoms with Crippen LogP contribution >= 0.6 is 22.7 Å². The highest BCUT2D eigenvalue weighted by Gasteiger charge is 2.43. The van der Waals surface area contributed by atoms with Gasteiger partial charge < -0.3 is 0 Å². The Balaban J connectivity index is 1.45. The third-order valence-electron chi connectivity index (χ3n) is 5.82. The molecule has 3 heterocycles. The van der Waals surface area contributed by atoms with Crippen LogP contribution in [0.4, 0.5) is 5.13 Å². The lowest BCUT2D eigenvalue weighted by Crippen LogP contribution is -2.28. The van der Waals surface area contributed by atoms with E-state index in [1.807, 2.05) is 17.4 Å². The van der Waals surface area contributed by atoms with Crippen LogP contribution in [0.15, 0.2) is 82.6 Å². The molecule has 6 rings (SSSR count). The van der Waals surface area contributed by atoms with E-state index in [2.05, 4.69) is 76.4 Å². The van der Waals surface area contributed by atoms with Crippen LogP contribution in [-0.2, 0) is 6.42 Å². The summed E-state index contributed by atoms with van der Waals surface area (Å²) in [5.41, 5.74) is 6.12. The number of aromatic nitrogens is 1. The molecule has 0 radical (unpaired) electrons. The number of benzene rings is 2. The SMILES string of the molecule is c1ccc(-c2csc(N3N=C4c5ccccc5CCC4C3c3cccs3)n2)cc1. The Bertz CT molecular complexity index is 1180. The first kappa shape index (κ1) is 17.1. The second-order valence-electron chi connectivity index (χ2n) is 7.47. The lowest BCUT2D eigenvalue weighted by atomic mass is 9.79. The molecule has 1 aliphatic heterocycles. The molecule has 29 heavy (non-hydrogen) atoms. The van der Waals surface area contributed by atoms with E-state index in [0.29, 0.717) is 5.92 Å². The summed E-state index contributed by atoms with van der Waals surface area (Å²) in [5, 5.41) is 12.6. The highest BCUT2D eigenvalue weighted by Crippen LogP contribution is 2.47. The fourth-order valence-corrected chi connectivity index (χ4v) is 6.17. The Morgan fingerprint density at radius 2 is 1.76 bits per heavy atom. The van der Waals surface area contributed by atoms with Gasteiger partial charge >= 0.3 is 0 Å². The van der Waals surface area contributed by atoms with Crippen LogP contribution in [0.1, 0.15) is 28.5 Å². The van der Waals surface area contributed by atoms with Crippen molar-refractivity contribution in [2.45, 2.75) is 18.9 Å². The molecule has 142 valence electrons. The summed E-state index contributed by atoms with van der Waals surface area (Å²) >= 11 is 3.50. The van der Waals surface area contributed by atoms with Gasteiger partial charge in [-0.05, 0) is 29.9 Å². The zero-order valence-electron chi connectivity index (χ0n) is 15.7. The van der Waals surface area contributed by atoms with Crippen molar-refractivity contribution in [1.82, 2.24) is 4.98 Å². The molecule has 2 unspecified atom stereocenters. The number of fused-ring (bicyclic) bond motifs is 3. The summed E-state index contributed by atoms with van der Waals surface area (Å²) in [6.45, 7) is 0. The van der Waals surface area contributed by atoms with Gasteiger partial charge in [0.15, 0.2) is 0 Å². The number of rotatable bonds is 3. The number of thiophene rings is 1.